The molecular formula is C14H19NO2. The predicted octanol–water partition coefficient (Wildman–Crippen LogP) is 2.19. The summed E-state index contributed by atoms with van der Waals surface area (Å²) in [6, 6.07) is 6.54. The monoisotopic (exact) mass is 233 g/mol. The maximum atomic E-state index is 6.10. The van der Waals surface area contributed by atoms with Gasteiger partial charge in [0.05, 0.1) is 13.2 Å². The summed E-state index contributed by atoms with van der Waals surface area (Å²) in [6.07, 6.45) is 4.64. The Labute approximate surface area is 102 Å². The van der Waals surface area contributed by atoms with Gasteiger partial charge in [0.15, 0.2) is 0 Å². The summed E-state index contributed by atoms with van der Waals surface area (Å²) in [7, 11) is 0. The summed E-state index contributed by atoms with van der Waals surface area (Å²) in [6.45, 7) is 1.54. The van der Waals surface area contributed by atoms with Gasteiger partial charge in [-0.3, -0.25) is 0 Å². The fraction of sp³-hybridized carbons (Fsp3) is 0.571. The molecule has 0 aromatic heterocycles. The van der Waals surface area contributed by atoms with Crippen molar-refractivity contribution in [3.63, 3.8) is 0 Å². The van der Waals surface area contributed by atoms with Crippen LogP contribution < -0.4 is 10.5 Å². The van der Waals surface area contributed by atoms with Crippen LogP contribution in [-0.4, -0.2) is 19.3 Å². The van der Waals surface area contributed by atoms with E-state index in [0.717, 1.165) is 38.2 Å². The predicted molar refractivity (Wildman–Crippen MR) is 66.2 cm³/mol. The molecule has 0 spiro atoms. The van der Waals surface area contributed by atoms with Crippen molar-refractivity contribution in [2.45, 2.75) is 37.8 Å². The van der Waals surface area contributed by atoms with Crippen molar-refractivity contribution in [3.8, 4) is 5.75 Å². The standard InChI is InChI=1S/C14H19NO2/c15-14-3-1-2-10-8-11(4-5-13(10)14)17-12-6-7-16-9-12/h4-5,8,12,14H,1-3,6-7,9,15H2. The Hall–Kier alpha value is -1.06. The fourth-order valence-corrected chi connectivity index (χ4v) is 2.70. The van der Waals surface area contributed by atoms with Crippen molar-refractivity contribution in [3.05, 3.63) is 29.3 Å². The molecule has 2 unspecified atom stereocenters. The Kier molecular flexibility index (Phi) is 3.04. The third kappa shape index (κ3) is 2.31. The third-order valence-corrected chi connectivity index (χ3v) is 3.67. The summed E-state index contributed by atoms with van der Waals surface area (Å²) < 4.78 is 11.2. The number of nitrogens with two attached hydrogens (primary N) is 1. The van der Waals surface area contributed by atoms with Crippen molar-refractivity contribution in [1.29, 1.82) is 0 Å². The first kappa shape index (κ1) is 11.1. The van der Waals surface area contributed by atoms with Gasteiger partial charge in [-0.1, -0.05) is 6.07 Å². The molecule has 3 heteroatoms. The topological polar surface area (TPSA) is 44.5 Å². The van der Waals surface area contributed by atoms with Crippen LogP contribution in [0.15, 0.2) is 18.2 Å². The van der Waals surface area contributed by atoms with Crippen LogP contribution >= 0.6 is 0 Å². The second-order valence-electron chi connectivity index (χ2n) is 4.96. The lowest BCUT2D eigenvalue weighted by Crippen LogP contribution is -2.19. The zero-order valence-corrected chi connectivity index (χ0v) is 10.0. The number of benzene rings is 1. The average Bonchev–Trinajstić information content (AvgIpc) is 2.82. The van der Waals surface area contributed by atoms with Crippen LogP contribution in [0.5, 0.6) is 5.75 Å². The van der Waals surface area contributed by atoms with Gasteiger partial charge in [0.25, 0.3) is 0 Å². The quantitative estimate of drug-likeness (QED) is 0.851. The second-order valence-corrected chi connectivity index (χ2v) is 4.96. The molecule has 1 saturated heterocycles. The van der Waals surface area contributed by atoms with E-state index < -0.39 is 0 Å². The summed E-state index contributed by atoms with van der Waals surface area (Å²) in [5.41, 5.74) is 8.76. The molecule has 1 aromatic carbocycles. The first-order valence-corrected chi connectivity index (χ1v) is 6.46. The van der Waals surface area contributed by atoms with Gasteiger partial charge >= 0.3 is 0 Å². The van der Waals surface area contributed by atoms with Crippen molar-refractivity contribution in [1.82, 2.24) is 0 Å². The highest BCUT2D eigenvalue weighted by molar-refractivity contribution is 5.39. The molecule has 2 N–H and O–H groups in total. The van der Waals surface area contributed by atoms with E-state index in [4.69, 9.17) is 15.2 Å². The molecule has 0 bridgehead atoms. The van der Waals surface area contributed by atoms with E-state index in [1.807, 2.05) is 6.07 Å². The molecule has 0 amide bonds. The van der Waals surface area contributed by atoms with Crippen LogP contribution in [0.2, 0.25) is 0 Å². The average molecular weight is 233 g/mol. The van der Waals surface area contributed by atoms with Gasteiger partial charge in [0.1, 0.15) is 11.9 Å². The van der Waals surface area contributed by atoms with E-state index in [1.54, 1.807) is 0 Å². The Morgan fingerprint density at radius 3 is 3.06 bits per heavy atom. The summed E-state index contributed by atoms with van der Waals surface area (Å²) in [5, 5.41) is 0. The van der Waals surface area contributed by atoms with Crippen LogP contribution in [0.25, 0.3) is 0 Å². The molecule has 1 aromatic rings. The number of fused-ring (bicyclic) bond motifs is 1. The molecule has 17 heavy (non-hydrogen) atoms. The molecule has 1 heterocycles. The minimum atomic E-state index is 0.211. The molecular weight excluding hydrogens is 214 g/mol. The van der Waals surface area contributed by atoms with E-state index in [2.05, 4.69) is 12.1 Å². The van der Waals surface area contributed by atoms with E-state index in [9.17, 15) is 0 Å². The number of aryl methyl sites for hydroxylation is 1. The lowest BCUT2D eigenvalue weighted by Gasteiger charge is -2.23. The molecule has 92 valence electrons. The molecule has 1 aliphatic heterocycles. The van der Waals surface area contributed by atoms with Crippen LogP contribution in [-0.2, 0) is 11.2 Å². The van der Waals surface area contributed by atoms with Crippen molar-refractivity contribution >= 4 is 0 Å². The second kappa shape index (κ2) is 4.67. The van der Waals surface area contributed by atoms with Crippen LogP contribution in [0.3, 0.4) is 0 Å². The summed E-state index contributed by atoms with van der Waals surface area (Å²) >= 11 is 0. The van der Waals surface area contributed by atoms with Crippen LogP contribution in [0, 0.1) is 0 Å². The number of ether oxygens (including phenoxy) is 2. The van der Waals surface area contributed by atoms with E-state index in [0.29, 0.717) is 0 Å². The van der Waals surface area contributed by atoms with Crippen molar-refractivity contribution < 1.29 is 9.47 Å². The van der Waals surface area contributed by atoms with Crippen molar-refractivity contribution in [2.75, 3.05) is 13.2 Å². The lowest BCUT2D eigenvalue weighted by atomic mass is 9.88. The maximum Gasteiger partial charge on any atom is 0.124 e. The molecule has 2 aliphatic rings. The Morgan fingerprint density at radius 2 is 2.24 bits per heavy atom. The molecule has 2 atom stereocenters. The lowest BCUT2D eigenvalue weighted by molar-refractivity contribution is 0.141. The highest BCUT2D eigenvalue weighted by Crippen LogP contribution is 2.31. The van der Waals surface area contributed by atoms with Gasteiger partial charge in [0.2, 0.25) is 0 Å². The summed E-state index contributed by atoms with van der Waals surface area (Å²) in [5.74, 6) is 0.966. The highest BCUT2D eigenvalue weighted by atomic mass is 16.5. The fourth-order valence-electron chi connectivity index (χ4n) is 2.70. The van der Waals surface area contributed by atoms with Crippen molar-refractivity contribution in [2.24, 2.45) is 5.73 Å². The smallest absolute Gasteiger partial charge is 0.124 e. The third-order valence-electron chi connectivity index (χ3n) is 3.67. The van der Waals surface area contributed by atoms with Gasteiger partial charge in [-0.25, -0.2) is 0 Å². The Bertz CT molecular complexity index is 399. The first-order chi connectivity index (χ1) is 8.33. The number of hydrogen-bond donors (Lipinski definition) is 1. The summed E-state index contributed by atoms with van der Waals surface area (Å²) in [4.78, 5) is 0. The van der Waals surface area contributed by atoms with Gasteiger partial charge in [0, 0.05) is 12.5 Å². The molecule has 0 saturated carbocycles. The largest absolute Gasteiger partial charge is 0.488 e. The molecule has 3 rings (SSSR count). The number of rotatable bonds is 2. The minimum Gasteiger partial charge on any atom is -0.488 e. The van der Waals surface area contributed by atoms with Crippen LogP contribution in [0.1, 0.15) is 36.4 Å². The SMILES string of the molecule is NC1CCCc2cc(OC3CCOC3)ccc21. The Morgan fingerprint density at radius 1 is 1.29 bits per heavy atom. The Balaban J connectivity index is 1.77. The first-order valence-electron chi connectivity index (χ1n) is 6.46. The molecule has 0 radical (unpaired) electrons. The van der Waals surface area contributed by atoms with E-state index in [-0.39, 0.29) is 12.1 Å². The number of hydrogen-bond acceptors (Lipinski definition) is 3. The van der Waals surface area contributed by atoms with E-state index in [1.165, 1.54) is 17.5 Å². The van der Waals surface area contributed by atoms with Gasteiger partial charge in [-0.2, -0.15) is 0 Å². The highest BCUT2D eigenvalue weighted by Gasteiger charge is 2.20. The zero-order valence-electron chi connectivity index (χ0n) is 10.0. The maximum absolute atomic E-state index is 6.10. The van der Waals surface area contributed by atoms with Gasteiger partial charge in [-0.15, -0.1) is 0 Å². The van der Waals surface area contributed by atoms with Crippen LogP contribution in [0.4, 0.5) is 0 Å². The molecule has 1 aliphatic carbocycles. The van der Waals surface area contributed by atoms with Gasteiger partial charge < -0.3 is 15.2 Å². The van der Waals surface area contributed by atoms with E-state index >= 15 is 0 Å². The molecule has 1 fully saturated rings. The molecule has 3 nitrogen and oxygen atoms in total. The van der Waals surface area contributed by atoms with Gasteiger partial charge in [-0.05, 0) is 42.5 Å². The normalized spacial score (nSPS) is 27.8. The minimum absolute atomic E-state index is 0.211. The zero-order chi connectivity index (χ0) is 11.7.